The van der Waals surface area contributed by atoms with Crippen LogP contribution in [-0.2, 0) is 10.0 Å². The van der Waals surface area contributed by atoms with Gasteiger partial charge in [0.05, 0.1) is 16.1 Å². The van der Waals surface area contributed by atoms with E-state index in [0.717, 1.165) is 55.6 Å². The highest BCUT2D eigenvalue weighted by atomic mass is 32.2. The summed E-state index contributed by atoms with van der Waals surface area (Å²) >= 11 is 0. The maximum absolute atomic E-state index is 13.5. The first-order chi connectivity index (χ1) is 14.6. The number of piperazine rings is 1. The first kappa shape index (κ1) is 20.6. The summed E-state index contributed by atoms with van der Waals surface area (Å²) < 4.78 is 28.4. The highest BCUT2D eigenvalue weighted by molar-refractivity contribution is 7.92. The summed E-state index contributed by atoms with van der Waals surface area (Å²) in [5.74, 6) is 0. The first-order valence-corrected chi connectivity index (χ1v) is 12.0. The fourth-order valence-electron chi connectivity index (χ4n) is 3.87. The zero-order chi connectivity index (χ0) is 21.0. The van der Waals surface area contributed by atoms with E-state index in [2.05, 4.69) is 22.1 Å². The molecule has 0 unspecified atom stereocenters. The smallest absolute Gasteiger partial charge is 0.264 e. The van der Waals surface area contributed by atoms with Crippen molar-refractivity contribution in [2.24, 2.45) is 0 Å². The van der Waals surface area contributed by atoms with Crippen LogP contribution in [0.4, 0.5) is 11.4 Å². The maximum atomic E-state index is 13.5. The van der Waals surface area contributed by atoms with Gasteiger partial charge in [-0.15, -0.1) is 0 Å². The van der Waals surface area contributed by atoms with Crippen molar-refractivity contribution < 1.29 is 8.42 Å². The van der Waals surface area contributed by atoms with E-state index in [4.69, 9.17) is 0 Å². The minimum absolute atomic E-state index is 0.315. The van der Waals surface area contributed by atoms with Gasteiger partial charge in [-0.05, 0) is 42.8 Å². The molecule has 0 spiro atoms. The predicted octanol–water partition coefficient (Wildman–Crippen LogP) is 3.64. The van der Waals surface area contributed by atoms with Crippen LogP contribution in [0.15, 0.2) is 65.7 Å². The fourth-order valence-corrected chi connectivity index (χ4v) is 5.38. The molecule has 4 rings (SSSR count). The Morgan fingerprint density at radius 2 is 1.83 bits per heavy atom. The summed E-state index contributed by atoms with van der Waals surface area (Å²) in [5.41, 5.74) is 2.67. The van der Waals surface area contributed by atoms with Gasteiger partial charge < -0.3 is 10.2 Å². The monoisotopic (exact) mass is 424 g/mol. The first-order valence-electron chi connectivity index (χ1n) is 10.5. The van der Waals surface area contributed by atoms with Crippen LogP contribution in [0.5, 0.6) is 0 Å². The number of rotatable bonds is 7. The Kier molecular flexibility index (Phi) is 6.20. The van der Waals surface area contributed by atoms with Gasteiger partial charge in [0.25, 0.3) is 10.0 Å². The number of nitrogens with one attached hydrogen (secondary N) is 1. The molecule has 1 aromatic heterocycles. The molecule has 3 aromatic rings. The van der Waals surface area contributed by atoms with Gasteiger partial charge in [-0.1, -0.05) is 31.5 Å². The van der Waals surface area contributed by atoms with E-state index in [9.17, 15) is 8.42 Å². The molecule has 7 heteroatoms. The molecule has 1 N–H and O–H groups in total. The Bertz CT molecular complexity index is 1100. The topological polar surface area (TPSA) is 65.5 Å². The molecule has 158 valence electrons. The minimum atomic E-state index is -3.64. The molecule has 0 radical (unpaired) electrons. The van der Waals surface area contributed by atoms with Gasteiger partial charge in [0.2, 0.25) is 0 Å². The van der Waals surface area contributed by atoms with E-state index in [1.54, 1.807) is 28.6 Å². The molecule has 1 aliphatic rings. The van der Waals surface area contributed by atoms with E-state index in [0.29, 0.717) is 17.1 Å². The number of unbranched alkanes of at least 4 members (excludes halogenated alkanes) is 1. The van der Waals surface area contributed by atoms with Crippen LogP contribution in [0.2, 0.25) is 0 Å². The van der Waals surface area contributed by atoms with Crippen molar-refractivity contribution in [2.45, 2.75) is 24.7 Å². The summed E-state index contributed by atoms with van der Waals surface area (Å²) in [5, 5.41) is 4.37. The summed E-state index contributed by atoms with van der Waals surface area (Å²) in [6, 6.07) is 16.5. The summed E-state index contributed by atoms with van der Waals surface area (Å²) in [4.78, 5) is 7.16. The molecule has 1 fully saturated rings. The third kappa shape index (κ3) is 4.13. The van der Waals surface area contributed by atoms with Gasteiger partial charge in [0, 0.05) is 50.0 Å². The molecule has 1 aliphatic heterocycles. The summed E-state index contributed by atoms with van der Waals surface area (Å²) in [6.45, 7) is 6.24. The molecule has 0 atom stereocenters. The lowest BCUT2D eigenvalue weighted by Crippen LogP contribution is -2.43. The lowest BCUT2D eigenvalue weighted by molar-refractivity contribution is 0.588. The second-order valence-corrected chi connectivity index (χ2v) is 9.37. The van der Waals surface area contributed by atoms with Crippen molar-refractivity contribution in [1.82, 2.24) is 10.3 Å². The third-order valence-corrected chi connectivity index (χ3v) is 7.34. The number of nitrogens with zero attached hydrogens (tertiary/aromatic N) is 3. The molecule has 0 saturated carbocycles. The predicted molar refractivity (Wildman–Crippen MR) is 123 cm³/mol. The van der Waals surface area contributed by atoms with Crippen molar-refractivity contribution in [3.8, 4) is 0 Å². The lowest BCUT2D eigenvalue weighted by Gasteiger charge is -2.31. The third-order valence-electron chi connectivity index (χ3n) is 5.49. The summed E-state index contributed by atoms with van der Waals surface area (Å²) in [7, 11) is -3.64. The SMILES string of the molecule is CCCCN(c1ccc2nccc(N3CCNCC3)c2c1)S(=O)(=O)c1ccccc1. The van der Waals surface area contributed by atoms with Crippen LogP contribution in [0.3, 0.4) is 0 Å². The van der Waals surface area contributed by atoms with Crippen LogP contribution in [-0.4, -0.2) is 46.1 Å². The highest BCUT2D eigenvalue weighted by Gasteiger charge is 2.25. The number of aromatic nitrogens is 1. The average Bonchev–Trinajstić information content (AvgIpc) is 2.80. The highest BCUT2D eigenvalue weighted by Crippen LogP contribution is 2.32. The van der Waals surface area contributed by atoms with Crippen molar-refractivity contribution in [2.75, 3.05) is 41.9 Å². The van der Waals surface area contributed by atoms with Gasteiger partial charge in [0.1, 0.15) is 0 Å². The number of hydrogen-bond donors (Lipinski definition) is 1. The van der Waals surface area contributed by atoms with E-state index in [1.165, 1.54) is 0 Å². The molecule has 0 amide bonds. The Morgan fingerprint density at radius 3 is 2.57 bits per heavy atom. The number of hydrogen-bond acceptors (Lipinski definition) is 5. The molecule has 6 nitrogen and oxygen atoms in total. The molecular weight excluding hydrogens is 396 g/mol. The van der Waals surface area contributed by atoms with Gasteiger partial charge >= 0.3 is 0 Å². The van der Waals surface area contributed by atoms with Crippen molar-refractivity contribution >= 4 is 32.3 Å². The van der Waals surface area contributed by atoms with Crippen LogP contribution >= 0.6 is 0 Å². The Labute approximate surface area is 178 Å². The summed E-state index contributed by atoms with van der Waals surface area (Å²) in [6.07, 6.45) is 3.54. The van der Waals surface area contributed by atoms with Crippen molar-refractivity contribution in [1.29, 1.82) is 0 Å². The van der Waals surface area contributed by atoms with Crippen LogP contribution < -0.4 is 14.5 Å². The van der Waals surface area contributed by atoms with Gasteiger partial charge in [0.15, 0.2) is 0 Å². The molecule has 1 saturated heterocycles. The Balaban J connectivity index is 1.80. The van der Waals surface area contributed by atoms with E-state index < -0.39 is 10.0 Å². The standard InChI is InChI=1S/C23H28N4O2S/c1-2-3-15-27(30(28,29)20-7-5-4-6-8-20)19-9-10-22-21(18-19)23(11-12-25-22)26-16-13-24-14-17-26/h4-12,18,24H,2-3,13-17H2,1H3. The number of sulfonamides is 1. The van der Waals surface area contributed by atoms with E-state index in [1.807, 2.05) is 36.5 Å². The normalized spacial score (nSPS) is 14.8. The Hall–Kier alpha value is -2.64. The largest absolute Gasteiger partial charge is 0.368 e. The zero-order valence-corrected chi connectivity index (χ0v) is 18.1. The van der Waals surface area contributed by atoms with Crippen LogP contribution in [0.25, 0.3) is 10.9 Å². The van der Waals surface area contributed by atoms with Crippen molar-refractivity contribution in [3.05, 3.63) is 60.8 Å². The quantitative estimate of drug-likeness (QED) is 0.627. The number of anilines is 2. The minimum Gasteiger partial charge on any atom is -0.368 e. The fraction of sp³-hybridized carbons (Fsp3) is 0.348. The number of pyridine rings is 1. The average molecular weight is 425 g/mol. The van der Waals surface area contributed by atoms with Gasteiger partial charge in [-0.3, -0.25) is 9.29 Å². The molecule has 2 aromatic carbocycles. The van der Waals surface area contributed by atoms with Crippen molar-refractivity contribution in [3.63, 3.8) is 0 Å². The molecule has 30 heavy (non-hydrogen) atoms. The van der Waals surface area contributed by atoms with Crippen LogP contribution in [0, 0.1) is 0 Å². The number of benzene rings is 2. The molecule has 2 heterocycles. The second-order valence-electron chi connectivity index (χ2n) is 7.51. The van der Waals surface area contributed by atoms with Gasteiger partial charge in [-0.25, -0.2) is 8.42 Å². The van der Waals surface area contributed by atoms with E-state index >= 15 is 0 Å². The van der Waals surface area contributed by atoms with E-state index in [-0.39, 0.29) is 0 Å². The lowest BCUT2D eigenvalue weighted by atomic mass is 10.1. The maximum Gasteiger partial charge on any atom is 0.264 e. The van der Waals surface area contributed by atoms with Crippen LogP contribution in [0.1, 0.15) is 19.8 Å². The van der Waals surface area contributed by atoms with Gasteiger partial charge in [-0.2, -0.15) is 0 Å². The molecule has 0 aliphatic carbocycles. The Morgan fingerprint density at radius 1 is 1.07 bits per heavy atom. The molecular formula is C23H28N4O2S. The zero-order valence-electron chi connectivity index (χ0n) is 17.3. The second kappa shape index (κ2) is 9.02. The molecule has 0 bridgehead atoms. The number of fused-ring (bicyclic) bond motifs is 1.